The SMILES string of the molecule is CCCCCCCCCCCCOC(=O)CCn1c(=S)sc2ccccc21. The first kappa shape index (κ1) is 22.1. The van der Waals surface area contributed by atoms with E-state index in [4.69, 9.17) is 17.0 Å². The molecule has 0 amide bonds. The van der Waals surface area contributed by atoms with Gasteiger partial charge >= 0.3 is 5.97 Å². The monoisotopic (exact) mass is 407 g/mol. The van der Waals surface area contributed by atoms with Crippen molar-refractivity contribution in [3.63, 3.8) is 0 Å². The number of aryl methyl sites for hydroxylation is 1. The first-order valence-electron chi connectivity index (χ1n) is 10.5. The normalized spacial score (nSPS) is 11.1. The third-order valence-corrected chi connectivity index (χ3v) is 6.30. The van der Waals surface area contributed by atoms with Crippen LogP contribution in [0.1, 0.15) is 77.6 Å². The van der Waals surface area contributed by atoms with Crippen LogP contribution in [0.4, 0.5) is 0 Å². The largest absolute Gasteiger partial charge is 0.466 e. The van der Waals surface area contributed by atoms with Gasteiger partial charge in [0.25, 0.3) is 0 Å². The third kappa shape index (κ3) is 8.14. The summed E-state index contributed by atoms with van der Waals surface area (Å²) in [5, 5.41) is 0. The molecule has 1 aromatic heterocycles. The molecule has 0 aliphatic heterocycles. The summed E-state index contributed by atoms with van der Waals surface area (Å²) in [6, 6.07) is 8.13. The molecule has 1 heterocycles. The second-order valence-electron chi connectivity index (χ2n) is 7.14. The first-order valence-corrected chi connectivity index (χ1v) is 11.7. The number of carbonyl (C=O) groups excluding carboxylic acids is 1. The first-order chi connectivity index (χ1) is 13.2. The summed E-state index contributed by atoms with van der Waals surface area (Å²) in [5.41, 5.74) is 1.11. The summed E-state index contributed by atoms with van der Waals surface area (Å²) >= 11 is 7.01. The van der Waals surface area contributed by atoms with Crippen LogP contribution >= 0.6 is 23.6 Å². The molecule has 2 aromatic rings. The van der Waals surface area contributed by atoms with E-state index in [2.05, 4.69) is 19.1 Å². The average molecular weight is 408 g/mol. The van der Waals surface area contributed by atoms with Gasteiger partial charge in [0.1, 0.15) is 0 Å². The van der Waals surface area contributed by atoms with Gasteiger partial charge in [0, 0.05) is 6.54 Å². The Morgan fingerprint density at radius 2 is 1.63 bits per heavy atom. The van der Waals surface area contributed by atoms with E-state index in [9.17, 15) is 4.79 Å². The van der Waals surface area contributed by atoms with Crippen molar-refractivity contribution in [3.05, 3.63) is 28.2 Å². The number of nitrogens with zero attached hydrogens (tertiary/aromatic N) is 1. The van der Waals surface area contributed by atoms with Gasteiger partial charge in [-0.25, -0.2) is 0 Å². The molecule has 0 radical (unpaired) electrons. The predicted octanol–water partition coefficient (Wildman–Crippen LogP) is 7.29. The molecule has 27 heavy (non-hydrogen) atoms. The summed E-state index contributed by atoms with van der Waals surface area (Å²) in [6.07, 6.45) is 13.2. The highest BCUT2D eigenvalue weighted by Crippen LogP contribution is 2.23. The zero-order valence-corrected chi connectivity index (χ0v) is 18.2. The summed E-state index contributed by atoms with van der Waals surface area (Å²) in [5.74, 6) is -0.122. The molecule has 0 spiro atoms. The Kier molecular flexibility index (Phi) is 10.7. The smallest absolute Gasteiger partial charge is 0.307 e. The fourth-order valence-electron chi connectivity index (χ4n) is 3.28. The predicted molar refractivity (Wildman–Crippen MR) is 118 cm³/mol. The van der Waals surface area contributed by atoms with Gasteiger partial charge in [0.2, 0.25) is 0 Å². The minimum atomic E-state index is -0.122. The van der Waals surface area contributed by atoms with E-state index in [1.54, 1.807) is 11.3 Å². The maximum absolute atomic E-state index is 12.0. The van der Waals surface area contributed by atoms with Crippen LogP contribution in [0, 0.1) is 3.95 Å². The molecule has 0 atom stereocenters. The van der Waals surface area contributed by atoms with Crippen LogP contribution in [0.15, 0.2) is 24.3 Å². The molecule has 2 rings (SSSR count). The Morgan fingerprint density at radius 3 is 2.33 bits per heavy atom. The van der Waals surface area contributed by atoms with Crippen molar-refractivity contribution in [2.24, 2.45) is 0 Å². The summed E-state index contributed by atoms with van der Waals surface area (Å²) in [4.78, 5) is 12.0. The van der Waals surface area contributed by atoms with E-state index in [0.717, 1.165) is 22.3 Å². The summed E-state index contributed by atoms with van der Waals surface area (Å²) < 4.78 is 9.41. The molecule has 0 bridgehead atoms. The highest BCUT2D eigenvalue weighted by atomic mass is 32.1. The Balaban J connectivity index is 1.52. The number of esters is 1. The molecule has 0 unspecified atom stereocenters. The van der Waals surface area contributed by atoms with Crippen molar-refractivity contribution >= 4 is 39.7 Å². The van der Waals surface area contributed by atoms with Gasteiger partial charge in [0.05, 0.1) is 23.2 Å². The van der Waals surface area contributed by atoms with Gasteiger partial charge in [-0.05, 0) is 30.8 Å². The number of hydrogen-bond donors (Lipinski definition) is 0. The fourth-order valence-corrected chi connectivity index (χ4v) is 4.65. The van der Waals surface area contributed by atoms with E-state index in [1.807, 2.05) is 16.7 Å². The van der Waals surface area contributed by atoms with Crippen molar-refractivity contribution in [1.82, 2.24) is 4.57 Å². The van der Waals surface area contributed by atoms with Gasteiger partial charge in [-0.1, -0.05) is 76.8 Å². The van der Waals surface area contributed by atoms with Gasteiger partial charge in [-0.2, -0.15) is 0 Å². The molecule has 0 aliphatic rings. The standard InChI is InChI=1S/C22H33NO2S2/c1-2-3-4-5-6-7-8-9-10-13-18-25-21(24)16-17-23-19-14-11-12-15-20(19)27-22(23)26/h11-12,14-15H,2-10,13,16-18H2,1H3. The Labute approximate surface area is 172 Å². The minimum Gasteiger partial charge on any atom is -0.466 e. The van der Waals surface area contributed by atoms with Gasteiger partial charge in [-0.15, -0.1) is 11.3 Å². The second kappa shape index (κ2) is 13.1. The lowest BCUT2D eigenvalue weighted by atomic mass is 10.1. The van der Waals surface area contributed by atoms with Gasteiger partial charge in [0.15, 0.2) is 3.95 Å². The average Bonchev–Trinajstić information content (AvgIpc) is 2.99. The number of rotatable bonds is 14. The third-order valence-electron chi connectivity index (χ3n) is 4.87. The van der Waals surface area contributed by atoms with E-state index in [-0.39, 0.29) is 5.97 Å². The molecule has 0 saturated carbocycles. The van der Waals surface area contributed by atoms with Crippen molar-refractivity contribution in [2.45, 2.75) is 84.1 Å². The van der Waals surface area contributed by atoms with E-state index in [0.29, 0.717) is 19.6 Å². The van der Waals surface area contributed by atoms with E-state index in [1.165, 1.54) is 56.1 Å². The Hall–Kier alpha value is -1.20. The van der Waals surface area contributed by atoms with Crippen molar-refractivity contribution in [2.75, 3.05) is 6.61 Å². The number of para-hydroxylation sites is 1. The summed E-state index contributed by atoms with van der Waals surface area (Å²) in [6.45, 7) is 3.40. The molecule has 5 heteroatoms. The fraction of sp³-hybridized carbons (Fsp3) is 0.636. The number of aromatic nitrogens is 1. The van der Waals surface area contributed by atoms with Crippen LogP contribution in [0.5, 0.6) is 0 Å². The number of ether oxygens (including phenoxy) is 1. The molecule has 150 valence electrons. The van der Waals surface area contributed by atoms with Crippen molar-refractivity contribution in [1.29, 1.82) is 0 Å². The minimum absolute atomic E-state index is 0.122. The molecule has 0 fully saturated rings. The summed E-state index contributed by atoms with van der Waals surface area (Å²) in [7, 11) is 0. The maximum atomic E-state index is 12.0. The lowest BCUT2D eigenvalue weighted by Gasteiger charge is -2.07. The number of benzene rings is 1. The number of carbonyl (C=O) groups is 1. The lowest BCUT2D eigenvalue weighted by molar-refractivity contribution is -0.144. The molecule has 0 aliphatic carbocycles. The zero-order chi connectivity index (χ0) is 19.3. The highest BCUT2D eigenvalue weighted by Gasteiger charge is 2.08. The van der Waals surface area contributed by atoms with Crippen LogP contribution in [-0.2, 0) is 16.1 Å². The lowest BCUT2D eigenvalue weighted by Crippen LogP contribution is -2.10. The van der Waals surface area contributed by atoms with Gasteiger partial charge < -0.3 is 9.30 Å². The topological polar surface area (TPSA) is 31.2 Å². The molecule has 3 nitrogen and oxygen atoms in total. The Bertz CT molecular complexity index is 735. The van der Waals surface area contributed by atoms with E-state index >= 15 is 0 Å². The second-order valence-corrected chi connectivity index (χ2v) is 8.82. The number of unbranched alkanes of at least 4 members (excludes halogenated alkanes) is 9. The van der Waals surface area contributed by atoms with Gasteiger partial charge in [-0.3, -0.25) is 4.79 Å². The maximum Gasteiger partial charge on any atom is 0.307 e. The van der Waals surface area contributed by atoms with E-state index < -0.39 is 0 Å². The van der Waals surface area contributed by atoms with Crippen LogP contribution in [0.25, 0.3) is 10.2 Å². The molecule has 0 N–H and O–H groups in total. The molecular formula is C22H33NO2S2. The van der Waals surface area contributed by atoms with Crippen LogP contribution in [0.2, 0.25) is 0 Å². The Morgan fingerprint density at radius 1 is 1.00 bits per heavy atom. The zero-order valence-electron chi connectivity index (χ0n) is 16.6. The molecule has 0 saturated heterocycles. The molecular weight excluding hydrogens is 374 g/mol. The van der Waals surface area contributed by atoms with Crippen LogP contribution in [-0.4, -0.2) is 17.1 Å². The van der Waals surface area contributed by atoms with Crippen LogP contribution in [0.3, 0.4) is 0 Å². The quantitative estimate of drug-likeness (QED) is 0.187. The highest BCUT2D eigenvalue weighted by molar-refractivity contribution is 7.73. The number of thiazole rings is 1. The molecule has 1 aromatic carbocycles. The van der Waals surface area contributed by atoms with Crippen molar-refractivity contribution in [3.8, 4) is 0 Å². The van der Waals surface area contributed by atoms with Crippen LogP contribution < -0.4 is 0 Å². The number of fused-ring (bicyclic) bond motifs is 1. The number of hydrogen-bond acceptors (Lipinski definition) is 4. The van der Waals surface area contributed by atoms with Crippen molar-refractivity contribution < 1.29 is 9.53 Å².